The molecule has 23 heavy (non-hydrogen) atoms. The molecule has 0 aliphatic carbocycles. The van der Waals surface area contributed by atoms with E-state index in [2.05, 4.69) is 15.5 Å². The van der Waals surface area contributed by atoms with E-state index in [1.54, 1.807) is 14.2 Å². The van der Waals surface area contributed by atoms with Crippen LogP contribution in [0.3, 0.4) is 0 Å². The summed E-state index contributed by atoms with van der Waals surface area (Å²) in [7, 11) is 3.27. The van der Waals surface area contributed by atoms with Crippen molar-refractivity contribution in [3.8, 4) is 22.9 Å². The van der Waals surface area contributed by atoms with E-state index in [1.165, 1.54) is 0 Å². The molecule has 0 unspecified atom stereocenters. The Hall–Kier alpha value is -3.02. The summed E-state index contributed by atoms with van der Waals surface area (Å²) in [6.07, 6.45) is 0. The van der Waals surface area contributed by atoms with E-state index in [0.29, 0.717) is 18.4 Å². The average molecular weight is 311 g/mol. The minimum absolute atomic E-state index is 0.381. The minimum Gasteiger partial charge on any atom is -0.497 e. The van der Waals surface area contributed by atoms with Gasteiger partial charge in [-0.05, 0) is 42.0 Å². The molecule has 0 spiro atoms. The molecule has 0 bridgehead atoms. The third-order valence-electron chi connectivity index (χ3n) is 3.38. The van der Waals surface area contributed by atoms with Gasteiger partial charge in [0.2, 0.25) is 5.82 Å². The Morgan fingerprint density at radius 3 is 2.13 bits per heavy atom. The van der Waals surface area contributed by atoms with Crippen LogP contribution in [-0.2, 0) is 6.54 Å². The minimum atomic E-state index is 0.381. The van der Waals surface area contributed by atoms with Crippen LogP contribution in [-0.4, -0.2) is 24.4 Å². The molecule has 6 nitrogen and oxygen atoms in total. The van der Waals surface area contributed by atoms with Crippen molar-refractivity contribution in [1.82, 2.24) is 10.1 Å². The van der Waals surface area contributed by atoms with Crippen molar-refractivity contribution in [3.05, 3.63) is 54.1 Å². The van der Waals surface area contributed by atoms with Crippen LogP contribution in [0.2, 0.25) is 0 Å². The van der Waals surface area contributed by atoms with E-state index in [0.717, 1.165) is 22.6 Å². The van der Waals surface area contributed by atoms with Crippen molar-refractivity contribution in [3.63, 3.8) is 0 Å². The number of rotatable bonds is 6. The summed E-state index contributed by atoms with van der Waals surface area (Å²) in [6, 6.07) is 15.6. The molecular formula is C17H17N3O3. The number of anilines is 1. The van der Waals surface area contributed by atoms with Crippen molar-refractivity contribution in [1.29, 1.82) is 0 Å². The van der Waals surface area contributed by atoms with Crippen LogP contribution in [0.25, 0.3) is 11.4 Å². The van der Waals surface area contributed by atoms with Gasteiger partial charge in [-0.15, -0.1) is 0 Å². The van der Waals surface area contributed by atoms with Crippen LogP contribution in [0.1, 0.15) is 5.56 Å². The highest BCUT2D eigenvalue weighted by molar-refractivity contribution is 5.56. The second kappa shape index (κ2) is 6.83. The Kier molecular flexibility index (Phi) is 4.42. The third kappa shape index (κ3) is 3.60. The molecule has 0 atom stereocenters. The summed E-state index contributed by atoms with van der Waals surface area (Å²) in [6.45, 7) is 0.592. The molecule has 1 N–H and O–H groups in total. The van der Waals surface area contributed by atoms with E-state index < -0.39 is 0 Å². The highest BCUT2D eigenvalue weighted by Gasteiger charge is 2.08. The standard InChI is InChI=1S/C17H17N3O3/c1-21-14-7-3-12(4-8-14)11-18-17-19-16(20-23-17)13-5-9-15(22-2)10-6-13/h3-10H,11H2,1-2H3,(H,18,19,20). The van der Waals surface area contributed by atoms with Crippen LogP contribution in [0.5, 0.6) is 11.5 Å². The molecule has 3 rings (SSSR count). The van der Waals surface area contributed by atoms with Crippen LogP contribution in [0.4, 0.5) is 6.01 Å². The molecule has 1 heterocycles. The molecule has 0 radical (unpaired) electrons. The number of hydrogen-bond donors (Lipinski definition) is 1. The topological polar surface area (TPSA) is 69.4 Å². The second-order valence-corrected chi connectivity index (χ2v) is 4.85. The Morgan fingerprint density at radius 2 is 1.52 bits per heavy atom. The fourth-order valence-electron chi connectivity index (χ4n) is 2.07. The van der Waals surface area contributed by atoms with Gasteiger partial charge < -0.3 is 19.3 Å². The zero-order valence-electron chi connectivity index (χ0n) is 12.9. The fourth-order valence-corrected chi connectivity index (χ4v) is 2.07. The first-order chi connectivity index (χ1) is 11.3. The number of methoxy groups -OCH3 is 2. The van der Waals surface area contributed by atoms with Gasteiger partial charge in [0.15, 0.2) is 0 Å². The molecule has 1 aromatic heterocycles. The largest absolute Gasteiger partial charge is 0.497 e. The summed E-state index contributed by atoms with van der Waals surface area (Å²) in [4.78, 5) is 4.33. The number of hydrogen-bond acceptors (Lipinski definition) is 6. The molecule has 0 saturated carbocycles. The lowest BCUT2D eigenvalue weighted by molar-refractivity contribution is 0.414. The summed E-state index contributed by atoms with van der Waals surface area (Å²) >= 11 is 0. The van der Waals surface area contributed by atoms with E-state index in [9.17, 15) is 0 Å². The molecule has 2 aromatic carbocycles. The van der Waals surface area contributed by atoms with Crippen molar-refractivity contribution in [2.45, 2.75) is 6.54 Å². The summed E-state index contributed by atoms with van der Waals surface area (Å²) in [5, 5.41) is 7.08. The van der Waals surface area contributed by atoms with Gasteiger partial charge in [-0.2, -0.15) is 4.98 Å². The number of nitrogens with one attached hydrogen (secondary N) is 1. The summed E-state index contributed by atoms with van der Waals surface area (Å²) in [5.74, 6) is 2.15. The van der Waals surface area contributed by atoms with Gasteiger partial charge in [-0.3, -0.25) is 0 Å². The third-order valence-corrected chi connectivity index (χ3v) is 3.38. The van der Waals surface area contributed by atoms with Gasteiger partial charge in [-0.25, -0.2) is 0 Å². The van der Waals surface area contributed by atoms with Gasteiger partial charge in [0.25, 0.3) is 0 Å². The van der Waals surface area contributed by atoms with Gasteiger partial charge in [0.1, 0.15) is 11.5 Å². The predicted molar refractivity (Wildman–Crippen MR) is 86.6 cm³/mol. The van der Waals surface area contributed by atoms with Crippen molar-refractivity contribution in [2.24, 2.45) is 0 Å². The fraction of sp³-hybridized carbons (Fsp3) is 0.176. The van der Waals surface area contributed by atoms with Crippen LogP contribution >= 0.6 is 0 Å². The Balaban J connectivity index is 1.64. The zero-order chi connectivity index (χ0) is 16.1. The Labute approximate surface area is 134 Å². The Morgan fingerprint density at radius 1 is 0.913 bits per heavy atom. The molecule has 6 heteroatoms. The van der Waals surface area contributed by atoms with Gasteiger partial charge >= 0.3 is 6.01 Å². The lowest BCUT2D eigenvalue weighted by Gasteiger charge is -2.03. The zero-order valence-corrected chi connectivity index (χ0v) is 12.9. The van der Waals surface area contributed by atoms with Gasteiger partial charge in [-0.1, -0.05) is 17.3 Å². The van der Waals surface area contributed by atoms with Crippen LogP contribution < -0.4 is 14.8 Å². The molecule has 3 aromatic rings. The maximum Gasteiger partial charge on any atom is 0.322 e. The first kappa shape index (κ1) is 14.9. The first-order valence-corrected chi connectivity index (χ1v) is 7.13. The molecule has 0 fully saturated rings. The number of aromatic nitrogens is 2. The average Bonchev–Trinajstić information content (AvgIpc) is 3.09. The summed E-state index contributed by atoms with van der Waals surface area (Å²) in [5.41, 5.74) is 1.96. The predicted octanol–water partition coefficient (Wildman–Crippen LogP) is 3.37. The lowest BCUT2D eigenvalue weighted by Crippen LogP contribution is -1.99. The van der Waals surface area contributed by atoms with Crippen molar-refractivity contribution in [2.75, 3.05) is 19.5 Å². The molecule has 0 amide bonds. The highest BCUT2D eigenvalue weighted by atomic mass is 16.5. The molecule has 118 valence electrons. The van der Waals surface area contributed by atoms with E-state index >= 15 is 0 Å². The molecule has 0 aliphatic rings. The maximum absolute atomic E-state index is 5.21. The SMILES string of the molecule is COc1ccc(CNc2nc(-c3ccc(OC)cc3)no2)cc1. The van der Waals surface area contributed by atoms with Crippen LogP contribution in [0, 0.1) is 0 Å². The maximum atomic E-state index is 5.21. The quantitative estimate of drug-likeness (QED) is 0.752. The van der Waals surface area contributed by atoms with E-state index in [4.69, 9.17) is 14.0 Å². The number of nitrogens with zero attached hydrogens (tertiary/aromatic N) is 2. The Bertz CT molecular complexity index is 752. The summed E-state index contributed by atoms with van der Waals surface area (Å²) < 4.78 is 15.5. The number of benzene rings is 2. The number of ether oxygens (including phenoxy) is 2. The van der Waals surface area contributed by atoms with E-state index in [1.807, 2.05) is 48.5 Å². The second-order valence-electron chi connectivity index (χ2n) is 4.85. The molecule has 0 saturated heterocycles. The molecular weight excluding hydrogens is 294 g/mol. The smallest absolute Gasteiger partial charge is 0.322 e. The van der Waals surface area contributed by atoms with Crippen molar-refractivity contribution >= 4 is 6.01 Å². The van der Waals surface area contributed by atoms with E-state index in [-0.39, 0.29) is 0 Å². The normalized spacial score (nSPS) is 10.3. The van der Waals surface area contributed by atoms with Gasteiger partial charge in [0, 0.05) is 12.1 Å². The monoisotopic (exact) mass is 311 g/mol. The van der Waals surface area contributed by atoms with Gasteiger partial charge in [0.05, 0.1) is 14.2 Å². The van der Waals surface area contributed by atoms with Crippen molar-refractivity contribution < 1.29 is 14.0 Å². The van der Waals surface area contributed by atoms with Crippen LogP contribution in [0.15, 0.2) is 53.1 Å². The lowest BCUT2D eigenvalue weighted by atomic mass is 10.2. The molecule has 0 aliphatic heterocycles. The first-order valence-electron chi connectivity index (χ1n) is 7.13. The highest BCUT2D eigenvalue weighted by Crippen LogP contribution is 2.21.